The normalized spacial score (nSPS) is 13.8. The summed E-state index contributed by atoms with van der Waals surface area (Å²) in [6, 6.07) is 12.4. The highest BCUT2D eigenvalue weighted by Crippen LogP contribution is 2.22. The lowest BCUT2D eigenvalue weighted by Gasteiger charge is -2.17. The predicted octanol–water partition coefficient (Wildman–Crippen LogP) is 3.55. The largest absolute Gasteiger partial charge is 0.478 e. The molecule has 0 radical (unpaired) electrons. The van der Waals surface area contributed by atoms with E-state index in [4.69, 9.17) is 5.11 Å². The number of amides is 1. The number of carboxylic acid groups (broad SMARTS) is 1. The van der Waals surface area contributed by atoms with Crippen LogP contribution in [0.4, 0.5) is 11.4 Å². The highest BCUT2D eigenvalue weighted by atomic mass is 16.4. The number of nitrogens with zero attached hydrogens (tertiary/aromatic N) is 1. The minimum absolute atomic E-state index is 0.192. The highest BCUT2D eigenvalue weighted by molar-refractivity contribution is 6.05. The summed E-state index contributed by atoms with van der Waals surface area (Å²) in [7, 11) is 0. The third kappa shape index (κ3) is 3.25. The summed E-state index contributed by atoms with van der Waals surface area (Å²) in [5.41, 5.74) is 2.94. The Labute approximate surface area is 140 Å². The molecule has 0 unspecified atom stereocenters. The number of carboxylic acids is 1. The third-order valence-corrected chi connectivity index (χ3v) is 4.41. The molecule has 3 rings (SSSR count). The molecule has 124 valence electrons. The first-order valence-electron chi connectivity index (χ1n) is 8.05. The number of benzene rings is 2. The van der Waals surface area contributed by atoms with Gasteiger partial charge in [-0.25, -0.2) is 4.79 Å². The van der Waals surface area contributed by atoms with Crippen molar-refractivity contribution in [3.63, 3.8) is 0 Å². The average molecular weight is 324 g/mol. The average Bonchev–Trinajstić information content (AvgIpc) is 3.11. The van der Waals surface area contributed by atoms with Crippen molar-refractivity contribution in [2.45, 2.75) is 19.8 Å². The van der Waals surface area contributed by atoms with E-state index in [-0.39, 0.29) is 11.5 Å². The van der Waals surface area contributed by atoms with Crippen LogP contribution in [0.2, 0.25) is 0 Å². The molecule has 5 nitrogen and oxygen atoms in total. The van der Waals surface area contributed by atoms with Crippen LogP contribution in [-0.4, -0.2) is 30.1 Å². The Morgan fingerprint density at radius 1 is 1.04 bits per heavy atom. The lowest BCUT2D eigenvalue weighted by molar-refractivity contribution is 0.0695. The number of hydrogen-bond donors (Lipinski definition) is 2. The van der Waals surface area contributed by atoms with Crippen LogP contribution < -0.4 is 10.2 Å². The van der Waals surface area contributed by atoms with Crippen LogP contribution in [0.15, 0.2) is 42.5 Å². The first kappa shape index (κ1) is 16.1. The van der Waals surface area contributed by atoms with E-state index in [0.29, 0.717) is 16.8 Å². The molecular formula is C19H20N2O3. The third-order valence-electron chi connectivity index (χ3n) is 4.41. The lowest BCUT2D eigenvalue weighted by Crippen LogP contribution is -2.18. The van der Waals surface area contributed by atoms with Gasteiger partial charge in [-0.3, -0.25) is 4.79 Å². The molecule has 2 aromatic carbocycles. The first-order valence-corrected chi connectivity index (χ1v) is 8.05. The zero-order valence-electron chi connectivity index (χ0n) is 13.6. The number of rotatable bonds is 4. The topological polar surface area (TPSA) is 69.6 Å². The van der Waals surface area contributed by atoms with Gasteiger partial charge in [-0.15, -0.1) is 0 Å². The molecule has 0 bridgehead atoms. The van der Waals surface area contributed by atoms with E-state index in [9.17, 15) is 9.59 Å². The van der Waals surface area contributed by atoms with Crippen molar-refractivity contribution >= 4 is 23.3 Å². The predicted molar refractivity (Wildman–Crippen MR) is 94.0 cm³/mol. The van der Waals surface area contributed by atoms with Crippen LogP contribution in [0.25, 0.3) is 0 Å². The highest BCUT2D eigenvalue weighted by Gasteiger charge is 2.15. The number of carbonyl (C=O) groups is 2. The van der Waals surface area contributed by atoms with Gasteiger partial charge in [0.1, 0.15) is 0 Å². The van der Waals surface area contributed by atoms with Crippen molar-refractivity contribution in [1.29, 1.82) is 0 Å². The van der Waals surface area contributed by atoms with Gasteiger partial charge in [-0.05, 0) is 61.7 Å². The first-order chi connectivity index (χ1) is 11.6. The second-order valence-electron chi connectivity index (χ2n) is 5.98. The maximum absolute atomic E-state index is 12.4. The number of aromatic carboxylic acids is 1. The van der Waals surface area contributed by atoms with Crippen molar-refractivity contribution in [2.75, 3.05) is 23.3 Å². The van der Waals surface area contributed by atoms with E-state index in [1.54, 1.807) is 31.2 Å². The minimum Gasteiger partial charge on any atom is -0.478 e. The molecule has 0 saturated carbocycles. The fourth-order valence-corrected chi connectivity index (χ4v) is 3.00. The van der Waals surface area contributed by atoms with Crippen molar-refractivity contribution in [3.8, 4) is 0 Å². The van der Waals surface area contributed by atoms with Crippen LogP contribution in [0.1, 0.15) is 39.1 Å². The zero-order chi connectivity index (χ0) is 17.1. The minimum atomic E-state index is -1.00. The van der Waals surface area contributed by atoms with E-state index >= 15 is 0 Å². The Bertz CT molecular complexity index is 763. The van der Waals surface area contributed by atoms with E-state index < -0.39 is 5.97 Å². The molecular weight excluding hydrogens is 304 g/mol. The molecule has 2 N–H and O–H groups in total. The molecule has 1 amide bonds. The van der Waals surface area contributed by atoms with Gasteiger partial charge < -0.3 is 15.3 Å². The van der Waals surface area contributed by atoms with Gasteiger partial charge in [0.25, 0.3) is 5.91 Å². The molecule has 5 heteroatoms. The Balaban J connectivity index is 1.75. The van der Waals surface area contributed by atoms with Crippen molar-refractivity contribution in [3.05, 3.63) is 59.2 Å². The summed E-state index contributed by atoms with van der Waals surface area (Å²) >= 11 is 0. The molecule has 1 heterocycles. The summed E-state index contributed by atoms with van der Waals surface area (Å²) in [4.78, 5) is 25.9. The van der Waals surface area contributed by atoms with Gasteiger partial charge in [0.2, 0.25) is 0 Å². The second kappa shape index (κ2) is 6.74. The SMILES string of the molecule is Cc1c(NC(=O)c2ccc(N3CCCC3)cc2)cccc1C(=O)O. The summed E-state index contributed by atoms with van der Waals surface area (Å²) in [5.74, 6) is -1.24. The standard InChI is InChI=1S/C19H20N2O3/c1-13-16(19(23)24)5-4-6-17(13)20-18(22)14-7-9-15(10-8-14)21-11-2-3-12-21/h4-10H,2-3,11-12H2,1H3,(H,20,22)(H,23,24). The quantitative estimate of drug-likeness (QED) is 0.902. The van der Waals surface area contributed by atoms with E-state index in [1.807, 2.05) is 12.1 Å². The molecule has 0 atom stereocenters. The van der Waals surface area contributed by atoms with Gasteiger partial charge in [0.05, 0.1) is 5.56 Å². The molecule has 2 aromatic rings. The van der Waals surface area contributed by atoms with Crippen LogP contribution in [-0.2, 0) is 0 Å². The number of hydrogen-bond acceptors (Lipinski definition) is 3. The van der Waals surface area contributed by atoms with Gasteiger partial charge in [0, 0.05) is 30.0 Å². The van der Waals surface area contributed by atoms with Gasteiger partial charge in [0.15, 0.2) is 0 Å². The molecule has 24 heavy (non-hydrogen) atoms. The summed E-state index contributed by atoms with van der Waals surface area (Å²) < 4.78 is 0. The van der Waals surface area contributed by atoms with Gasteiger partial charge >= 0.3 is 5.97 Å². The van der Waals surface area contributed by atoms with E-state index in [1.165, 1.54) is 18.9 Å². The van der Waals surface area contributed by atoms with Gasteiger partial charge in [-0.2, -0.15) is 0 Å². The molecule has 1 saturated heterocycles. The Hall–Kier alpha value is -2.82. The van der Waals surface area contributed by atoms with Crippen molar-refractivity contribution in [1.82, 2.24) is 0 Å². The van der Waals surface area contributed by atoms with Crippen LogP contribution >= 0.6 is 0 Å². The van der Waals surface area contributed by atoms with Crippen molar-refractivity contribution in [2.24, 2.45) is 0 Å². The maximum atomic E-state index is 12.4. The Morgan fingerprint density at radius 2 is 1.71 bits per heavy atom. The maximum Gasteiger partial charge on any atom is 0.336 e. The van der Waals surface area contributed by atoms with Crippen molar-refractivity contribution < 1.29 is 14.7 Å². The summed E-state index contributed by atoms with van der Waals surface area (Å²) in [6.07, 6.45) is 2.42. The molecule has 0 spiro atoms. The zero-order valence-corrected chi connectivity index (χ0v) is 13.6. The summed E-state index contributed by atoms with van der Waals surface area (Å²) in [6.45, 7) is 3.81. The molecule has 1 aliphatic heterocycles. The molecule has 1 fully saturated rings. The van der Waals surface area contributed by atoms with E-state index in [0.717, 1.165) is 18.8 Å². The molecule has 1 aliphatic rings. The molecule has 0 aliphatic carbocycles. The van der Waals surface area contributed by atoms with E-state index in [2.05, 4.69) is 10.2 Å². The molecule has 0 aromatic heterocycles. The smallest absolute Gasteiger partial charge is 0.336 e. The monoisotopic (exact) mass is 324 g/mol. The van der Waals surface area contributed by atoms with Crippen LogP contribution in [0.5, 0.6) is 0 Å². The van der Waals surface area contributed by atoms with Crippen LogP contribution in [0.3, 0.4) is 0 Å². The lowest BCUT2D eigenvalue weighted by atomic mass is 10.1. The number of anilines is 2. The number of carbonyl (C=O) groups excluding carboxylic acids is 1. The fraction of sp³-hybridized carbons (Fsp3) is 0.263. The van der Waals surface area contributed by atoms with Crippen LogP contribution in [0, 0.1) is 6.92 Å². The Morgan fingerprint density at radius 3 is 2.33 bits per heavy atom. The Kier molecular flexibility index (Phi) is 4.51. The summed E-state index contributed by atoms with van der Waals surface area (Å²) in [5, 5.41) is 12.0. The second-order valence-corrected chi connectivity index (χ2v) is 5.98. The fourth-order valence-electron chi connectivity index (χ4n) is 3.00. The number of nitrogens with one attached hydrogen (secondary N) is 1. The van der Waals surface area contributed by atoms with Gasteiger partial charge in [-0.1, -0.05) is 6.07 Å².